The lowest BCUT2D eigenvalue weighted by Crippen LogP contribution is -2.38. The summed E-state index contributed by atoms with van der Waals surface area (Å²) in [5.74, 6) is 0. The van der Waals surface area contributed by atoms with Gasteiger partial charge in [0.2, 0.25) is 0 Å². The molecule has 1 aromatic rings. The molecule has 0 unspecified atom stereocenters. The largest absolute Gasteiger partial charge is 0.397 e. The topological polar surface area (TPSA) is 73.7 Å². The highest BCUT2D eigenvalue weighted by Crippen LogP contribution is 2.11. The maximum atomic E-state index is 7.55. The molecule has 0 aliphatic rings. The molecule has 0 aliphatic carbocycles. The van der Waals surface area contributed by atoms with E-state index in [4.69, 9.17) is 16.6 Å². The minimum atomic E-state index is 0.236. The molecule has 0 aliphatic heterocycles. The second-order valence-electron chi connectivity index (χ2n) is 4.87. The zero-order valence-electron chi connectivity index (χ0n) is 10.9. The van der Waals surface area contributed by atoms with Gasteiger partial charge in [0.15, 0.2) is 0 Å². The Hall–Kier alpha value is -1.12. The lowest BCUT2D eigenvalue weighted by Gasteiger charge is -2.09. The number of nitrogens with two attached hydrogens (primary N) is 1. The molecular formula is C14H25N3. The number of hydrogen-bond acceptors (Lipinski definition) is 3. The highest BCUT2D eigenvalue weighted by Gasteiger charge is 2.10. The van der Waals surface area contributed by atoms with Crippen molar-refractivity contribution in [1.82, 2.24) is 0 Å². The molecule has 1 aromatic carbocycles. The van der Waals surface area contributed by atoms with Crippen molar-refractivity contribution in [2.45, 2.75) is 64.7 Å². The van der Waals surface area contributed by atoms with Gasteiger partial charge in [0, 0.05) is 5.56 Å². The van der Waals surface area contributed by atoms with Crippen LogP contribution in [0.3, 0.4) is 0 Å². The first kappa shape index (κ1) is 13.9. The Kier molecular flexibility index (Phi) is 5.95. The highest BCUT2D eigenvalue weighted by molar-refractivity contribution is 5.50. The van der Waals surface area contributed by atoms with Gasteiger partial charge in [-0.3, -0.25) is 10.8 Å². The molecule has 1 rings (SSSR count). The third-order valence-corrected chi connectivity index (χ3v) is 3.43. The molecule has 4 N–H and O–H groups in total. The Morgan fingerprint density at radius 1 is 0.824 bits per heavy atom. The van der Waals surface area contributed by atoms with Crippen LogP contribution in [-0.4, -0.2) is 0 Å². The number of hydrogen-bond donors (Lipinski definition) is 3. The van der Waals surface area contributed by atoms with E-state index in [-0.39, 0.29) is 5.36 Å². The van der Waals surface area contributed by atoms with Gasteiger partial charge in [-0.1, -0.05) is 51.9 Å². The minimum absolute atomic E-state index is 0.236. The van der Waals surface area contributed by atoms with Crippen LogP contribution in [-0.2, 0) is 6.42 Å². The van der Waals surface area contributed by atoms with E-state index in [1.807, 2.05) is 0 Å². The highest BCUT2D eigenvalue weighted by atomic mass is 14.6. The van der Waals surface area contributed by atoms with Gasteiger partial charge in [0.1, 0.15) is 5.36 Å². The van der Waals surface area contributed by atoms with Gasteiger partial charge in [0.05, 0.1) is 11.0 Å². The third-order valence-electron chi connectivity index (χ3n) is 3.43. The molecule has 0 fully saturated rings. The fraction of sp³-hybridized carbons (Fsp3) is 0.714. The summed E-state index contributed by atoms with van der Waals surface area (Å²) in [7, 11) is 0. The van der Waals surface area contributed by atoms with Gasteiger partial charge in [-0.25, -0.2) is 0 Å². The van der Waals surface area contributed by atoms with Crippen molar-refractivity contribution in [3.63, 3.8) is 0 Å². The molecular weight excluding hydrogens is 210 g/mol. The monoisotopic (exact) mass is 235 g/mol. The number of nitrogen functional groups attached to an aromatic ring is 1. The molecule has 0 spiro atoms. The zero-order valence-corrected chi connectivity index (χ0v) is 10.9. The second-order valence-corrected chi connectivity index (χ2v) is 4.87. The fourth-order valence-electron chi connectivity index (χ4n) is 2.20. The quantitative estimate of drug-likeness (QED) is 0.566. The van der Waals surface area contributed by atoms with Crippen LogP contribution >= 0.6 is 0 Å². The summed E-state index contributed by atoms with van der Waals surface area (Å²) >= 11 is 0. The van der Waals surface area contributed by atoms with E-state index in [9.17, 15) is 0 Å². The Morgan fingerprint density at radius 2 is 1.35 bits per heavy atom. The summed E-state index contributed by atoms with van der Waals surface area (Å²) in [6.07, 6.45) is 11.3. The molecule has 0 bridgehead atoms. The first-order valence-electron chi connectivity index (χ1n) is 6.85. The van der Waals surface area contributed by atoms with E-state index >= 15 is 0 Å². The van der Waals surface area contributed by atoms with E-state index in [2.05, 4.69) is 6.92 Å². The van der Waals surface area contributed by atoms with Crippen LogP contribution in [0, 0.1) is 10.8 Å². The van der Waals surface area contributed by atoms with E-state index in [1.54, 1.807) is 0 Å². The lowest BCUT2D eigenvalue weighted by molar-refractivity contribution is 0.574. The molecule has 0 heterocycles. The standard InChI is InChI=1S/C14H25N3/c1-2-3-4-5-6-7-8-9-10-11-12(15)14(17)13(11)16/h15,17H,2-10,16H2,1H3. The summed E-state index contributed by atoms with van der Waals surface area (Å²) in [4.78, 5) is 0. The average molecular weight is 235 g/mol. The van der Waals surface area contributed by atoms with Crippen molar-refractivity contribution >= 4 is 5.69 Å². The summed E-state index contributed by atoms with van der Waals surface area (Å²) < 4.78 is 0. The van der Waals surface area contributed by atoms with Crippen molar-refractivity contribution in [3.05, 3.63) is 16.3 Å². The van der Waals surface area contributed by atoms with Gasteiger partial charge in [-0.05, 0) is 12.8 Å². The minimum Gasteiger partial charge on any atom is -0.397 e. The second kappa shape index (κ2) is 7.25. The van der Waals surface area contributed by atoms with Gasteiger partial charge < -0.3 is 5.73 Å². The van der Waals surface area contributed by atoms with Crippen LogP contribution in [0.25, 0.3) is 0 Å². The number of rotatable bonds is 9. The number of unbranched alkanes of at least 4 members (excludes halogenated alkanes) is 7. The summed E-state index contributed by atoms with van der Waals surface area (Å²) in [6.45, 7) is 2.24. The van der Waals surface area contributed by atoms with Gasteiger partial charge in [-0.2, -0.15) is 0 Å². The van der Waals surface area contributed by atoms with Crippen molar-refractivity contribution in [3.8, 4) is 0 Å². The maximum absolute atomic E-state index is 7.55. The van der Waals surface area contributed by atoms with E-state index in [1.165, 1.54) is 44.9 Å². The molecule has 0 aromatic heterocycles. The summed E-state index contributed by atoms with van der Waals surface area (Å²) in [5, 5.41) is 15.5. The van der Waals surface area contributed by atoms with Crippen LogP contribution in [0.1, 0.15) is 63.9 Å². The van der Waals surface area contributed by atoms with Crippen molar-refractivity contribution in [2.75, 3.05) is 5.73 Å². The smallest absolute Gasteiger partial charge is 0.103 e. The summed E-state index contributed by atoms with van der Waals surface area (Å²) in [6, 6.07) is 0. The van der Waals surface area contributed by atoms with Gasteiger partial charge in [0.25, 0.3) is 0 Å². The Labute approximate surface area is 104 Å². The molecule has 0 atom stereocenters. The predicted molar refractivity (Wildman–Crippen MR) is 71.2 cm³/mol. The number of anilines is 1. The third kappa shape index (κ3) is 3.99. The Morgan fingerprint density at radius 3 is 1.88 bits per heavy atom. The van der Waals surface area contributed by atoms with Gasteiger partial charge in [-0.15, -0.1) is 0 Å². The molecule has 0 amide bonds. The van der Waals surface area contributed by atoms with Crippen LogP contribution < -0.4 is 16.4 Å². The molecule has 0 saturated heterocycles. The Bertz CT molecular complexity index is 399. The van der Waals surface area contributed by atoms with E-state index in [0.29, 0.717) is 11.0 Å². The SMILES string of the molecule is CCCCCCCCCCc1c(N)c(=N)c1=N. The average Bonchev–Trinajstić information content (AvgIpc) is 2.35. The lowest BCUT2D eigenvalue weighted by atomic mass is 9.99. The zero-order chi connectivity index (χ0) is 12.7. The normalized spacial score (nSPS) is 11.1. The molecule has 3 heteroatoms. The molecule has 17 heavy (non-hydrogen) atoms. The first-order valence-corrected chi connectivity index (χ1v) is 6.85. The van der Waals surface area contributed by atoms with E-state index in [0.717, 1.165) is 18.4 Å². The van der Waals surface area contributed by atoms with Crippen LogP contribution in [0.15, 0.2) is 0 Å². The predicted octanol–water partition coefficient (Wildman–Crippen LogP) is 2.79. The van der Waals surface area contributed by atoms with Crippen LogP contribution in [0.2, 0.25) is 0 Å². The Balaban J connectivity index is 2.02. The molecule has 0 radical (unpaired) electrons. The molecule has 96 valence electrons. The number of nitrogens with one attached hydrogen (secondary N) is 2. The van der Waals surface area contributed by atoms with Crippen molar-refractivity contribution in [1.29, 1.82) is 10.8 Å². The molecule has 0 saturated carbocycles. The maximum Gasteiger partial charge on any atom is 0.103 e. The van der Waals surface area contributed by atoms with Crippen molar-refractivity contribution < 1.29 is 0 Å². The van der Waals surface area contributed by atoms with Crippen LogP contribution in [0.5, 0.6) is 0 Å². The fourth-order valence-corrected chi connectivity index (χ4v) is 2.20. The first-order chi connectivity index (χ1) is 8.18. The van der Waals surface area contributed by atoms with Gasteiger partial charge >= 0.3 is 0 Å². The van der Waals surface area contributed by atoms with Crippen molar-refractivity contribution in [2.24, 2.45) is 0 Å². The van der Waals surface area contributed by atoms with E-state index < -0.39 is 0 Å². The van der Waals surface area contributed by atoms with Crippen LogP contribution in [0.4, 0.5) is 5.69 Å². The molecule has 3 nitrogen and oxygen atoms in total. The summed E-state index contributed by atoms with van der Waals surface area (Å²) in [5.41, 5.74) is 7.14.